The van der Waals surface area contributed by atoms with Crippen molar-refractivity contribution in [3.8, 4) is 11.1 Å². The van der Waals surface area contributed by atoms with Gasteiger partial charge < -0.3 is 0 Å². The van der Waals surface area contributed by atoms with Gasteiger partial charge in [-0.05, 0) is 23.3 Å². The summed E-state index contributed by atoms with van der Waals surface area (Å²) >= 11 is 0. The molecule has 0 amide bonds. The number of hydrogen-bond donors (Lipinski definition) is 0. The molecule has 2 rings (SSSR count). The van der Waals surface area contributed by atoms with Crippen LogP contribution >= 0.6 is 0 Å². The molecule has 0 atom stereocenters. The zero-order chi connectivity index (χ0) is 10.7. The van der Waals surface area contributed by atoms with Gasteiger partial charge in [0.05, 0.1) is 0 Å². The van der Waals surface area contributed by atoms with E-state index in [0.717, 1.165) is 11.1 Å². The molecule has 0 aliphatic rings. The van der Waals surface area contributed by atoms with Crippen LogP contribution in [0.1, 0.15) is 17.4 Å². The normalized spacial score (nSPS) is 9.93. The number of benzene rings is 1. The third-order valence-corrected chi connectivity index (χ3v) is 2.23. The van der Waals surface area contributed by atoms with Gasteiger partial charge in [0.2, 0.25) is 0 Å². The molecule has 0 radical (unpaired) electrons. The fourth-order valence-corrected chi connectivity index (χ4v) is 1.43. The van der Waals surface area contributed by atoms with Crippen LogP contribution in [-0.2, 0) is 0 Å². The van der Waals surface area contributed by atoms with Crippen molar-refractivity contribution in [1.82, 2.24) is 4.98 Å². The molecule has 0 fully saturated rings. The Kier molecular flexibility index (Phi) is 2.59. The molecular weight excluding hydrogens is 186 g/mol. The van der Waals surface area contributed by atoms with Crippen molar-refractivity contribution < 1.29 is 4.79 Å². The molecule has 1 aromatic heterocycles. The van der Waals surface area contributed by atoms with Crippen LogP contribution in [0.2, 0.25) is 0 Å². The second-order valence-corrected chi connectivity index (χ2v) is 3.35. The SMILES string of the molecule is CC(=O)c1cc(-c2ccccc2)ccn1. The summed E-state index contributed by atoms with van der Waals surface area (Å²) in [6.07, 6.45) is 1.67. The van der Waals surface area contributed by atoms with Crippen LogP contribution in [0.5, 0.6) is 0 Å². The fourth-order valence-electron chi connectivity index (χ4n) is 1.43. The Hall–Kier alpha value is -1.96. The van der Waals surface area contributed by atoms with Crippen LogP contribution in [-0.4, -0.2) is 10.8 Å². The largest absolute Gasteiger partial charge is 0.293 e. The van der Waals surface area contributed by atoms with Gasteiger partial charge in [0.25, 0.3) is 0 Å². The average molecular weight is 197 g/mol. The maximum Gasteiger partial charge on any atom is 0.178 e. The van der Waals surface area contributed by atoms with E-state index in [1.54, 1.807) is 6.20 Å². The van der Waals surface area contributed by atoms with Crippen molar-refractivity contribution in [3.63, 3.8) is 0 Å². The van der Waals surface area contributed by atoms with Crippen LogP contribution in [0.25, 0.3) is 11.1 Å². The first-order chi connectivity index (χ1) is 7.27. The zero-order valence-corrected chi connectivity index (χ0v) is 8.47. The summed E-state index contributed by atoms with van der Waals surface area (Å²) in [5.41, 5.74) is 2.63. The molecule has 0 unspecified atom stereocenters. The minimum absolute atomic E-state index is 0.00668. The van der Waals surface area contributed by atoms with Crippen molar-refractivity contribution in [2.24, 2.45) is 0 Å². The molecule has 0 aliphatic heterocycles. The number of ketones is 1. The van der Waals surface area contributed by atoms with Crippen molar-refractivity contribution in [2.45, 2.75) is 6.92 Å². The van der Waals surface area contributed by atoms with E-state index in [-0.39, 0.29) is 5.78 Å². The summed E-state index contributed by atoms with van der Waals surface area (Å²) in [6, 6.07) is 13.7. The number of carbonyl (C=O) groups is 1. The number of pyridine rings is 1. The van der Waals surface area contributed by atoms with Gasteiger partial charge >= 0.3 is 0 Å². The lowest BCUT2D eigenvalue weighted by Gasteiger charge is -2.02. The van der Waals surface area contributed by atoms with Crippen LogP contribution in [0.4, 0.5) is 0 Å². The van der Waals surface area contributed by atoms with E-state index >= 15 is 0 Å². The van der Waals surface area contributed by atoms with Crippen LogP contribution in [0.3, 0.4) is 0 Å². The number of carbonyl (C=O) groups excluding carboxylic acids is 1. The van der Waals surface area contributed by atoms with Crippen LogP contribution in [0.15, 0.2) is 48.7 Å². The lowest BCUT2D eigenvalue weighted by atomic mass is 10.1. The predicted molar refractivity (Wildman–Crippen MR) is 59.7 cm³/mol. The van der Waals surface area contributed by atoms with Gasteiger partial charge in [-0.1, -0.05) is 30.3 Å². The van der Waals surface area contributed by atoms with Gasteiger partial charge in [0, 0.05) is 13.1 Å². The molecule has 0 saturated carbocycles. The first-order valence-corrected chi connectivity index (χ1v) is 4.80. The monoisotopic (exact) mass is 197 g/mol. The van der Waals surface area contributed by atoms with Crippen molar-refractivity contribution in [1.29, 1.82) is 0 Å². The van der Waals surface area contributed by atoms with Gasteiger partial charge in [0.1, 0.15) is 5.69 Å². The van der Waals surface area contributed by atoms with Gasteiger partial charge in [-0.15, -0.1) is 0 Å². The summed E-state index contributed by atoms with van der Waals surface area (Å²) in [6.45, 7) is 1.52. The van der Waals surface area contributed by atoms with Gasteiger partial charge in [0.15, 0.2) is 5.78 Å². The quantitative estimate of drug-likeness (QED) is 0.693. The Labute approximate surface area is 88.6 Å². The minimum atomic E-state index is -0.00668. The molecule has 2 nitrogen and oxygen atoms in total. The minimum Gasteiger partial charge on any atom is -0.293 e. The second kappa shape index (κ2) is 4.05. The molecule has 0 spiro atoms. The topological polar surface area (TPSA) is 30.0 Å². The summed E-state index contributed by atoms with van der Waals surface area (Å²) in [7, 11) is 0. The van der Waals surface area contributed by atoms with Crippen molar-refractivity contribution >= 4 is 5.78 Å². The number of nitrogens with zero attached hydrogens (tertiary/aromatic N) is 1. The van der Waals surface area contributed by atoms with Gasteiger partial charge in [-0.25, -0.2) is 0 Å². The first-order valence-electron chi connectivity index (χ1n) is 4.80. The van der Waals surface area contributed by atoms with E-state index in [4.69, 9.17) is 0 Å². The number of hydrogen-bond acceptors (Lipinski definition) is 2. The summed E-state index contributed by atoms with van der Waals surface area (Å²) in [4.78, 5) is 15.2. The summed E-state index contributed by atoms with van der Waals surface area (Å²) in [5.74, 6) is -0.00668. The highest BCUT2D eigenvalue weighted by molar-refractivity contribution is 5.93. The molecule has 0 bridgehead atoms. The summed E-state index contributed by atoms with van der Waals surface area (Å²) < 4.78 is 0. The van der Waals surface area contributed by atoms with Crippen LogP contribution in [0, 0.1) is 0 Å². The van der Waals surface area contributed by atoms with Gasteiger partial charge in [-0.2, -0.15) is 0 Å². The molecule has 1 heterocycles. The Morgan fingerprint density at radius 1 is 1.07 bits per heavy atom. The van der Waals surface area contributed by atoms with E-state index in [0.29, 0.717) is 5.69 Å². The first kappa shape index (κ1) is 9.59. The predicted octanol–water partition coefficient (Wildman–Crippen LogP) is 2.95. The lowest BCUT2D eigenvalue weighted by molar-refractivity contribution is 0.101. The molecule has 2 heteroatoms. The highest BCUT2D eigenvalue weighted by atomic mass is 16.1. The molecule has 15 heavy (non-hydrogen) atoms. The highest BCUT2D eigenvalue weighted by Crippen LogP contribution is 2.18. The molecule has 74 valence electrons. The smallest absolute Gasteiger partial charge is 0.178 e. The Morgan fingerprint density at radius 3 is 2.47 bits per heavy atom. The van der Waals surface area contributed by atoms with Crippen molar-refractivity contribution in [2.75, 3.05) is 0 Å². The molecule has 0 saturated heterocycles. The fraction of sp³-hybridized carbons (Fsp3) is 0.0769. The standard InChI is InChI=1S/C13H11NO/c1-10(15)13-9-12(7-8-14-13)11-5-3-2-4-6-11/h2-9H,1H3. The Balaban J connectivity index is 2.46. The zero-order valence-electron chi connectivity index (χ0n) is 8.47. The maximum absolute atomic E-state index is 11.2. The van der Waals surface area contributed by atoms with E-state index in [1.807, 2.05) is 42.5 Å². The maximum atomic E-state index is 11.2. The lowest BCUT2D eigenvalue weighted by Crippen LogP contribution is -1.95. The molecule has 2 aromatic rings. The third kappa shape index (κ3) is 2.10. The molecule has 0 aliphatic carbocycles. The van der Waals surface area contributed by atoms with Gasteiger partial charge in [-0.3, -0.25) is 9.78 Å². The number of Topliss-reactive ketones (excluding diaryl/α,β-unsaturated/α-hetero) is 1. The molecule has 0 N–H and O–H groups in total. The average Bonchev–Trinajstić information content (AvgIpc) is 2.30. The highest BCUT2D eigenvalue weighted by Gasteiger charge is 2.02. The Bertz CT molecular complexity index is 477. The van der Waals surface area contributed by atoms with E-state index in [9.17, 15) is 4.79 Å². The molecule has 1 aromatic carbocycles. The van der Waals surface area contributed by atoms with Crippen LogP contribution < -0.4 is 0 Å². The number of aromatic nitrogens is 1. The third-order valence-electron chi connectivity index (χ3n) is 2.23. The van der Waals surface area contributed by atoms with E-state index in [2.05, 4.69) is 4.98 Å². The second-order valence-electron chi connectivity index (χ2n) is 3.35. The molecular formula is C13H11NO. The Morgan fingerprint density at radius 2 is 1.80 bits per heavy atom. The van der Waals surface area contributed by atoms with E-state index < -0.39 is 0 Å². The summed E-state index contributed by atoms with van der Waals surface area (Å²) in [5, 5.41) is 0. The van der Waals surface area contributed by atoms with Crippen molar-refractivity contribution in [3.05, 3.63) is 54.4 Å². The van der Waals surface area contributed by atoms with E-state index in [1.165, 1.54) is 6.92 Å². The number of rotatable bonds is 2.